The Morgan fingerprint density at radius 1 is 0.853 bits per heavy atom. The third-order valence-electron chi connectivity index (χ3n) is 3.33. The molecular formula is C19H14F6N4O5. The van der Waals surface area contributed by atoms with Crippen molar-refractivity contribution < 1.29 is 50.9 Å². The van der Waals surface area contributed by atoms with Crippen molar-refractivity contribution >= 4 is 23.5 Å². The minimum absolute atomic E-state index is 0.190. The zero-order valence-electron chi connectivity index (χ0n) is 16.6. The number of carboxylic acid groups (broad SMARTS) is 2. The molecule has 0 saturated carbocycles. The van der Waals surface area contributed by atoms with Gasteiger partial charge >= 0.3 is 24.3 Å². The van der Waals surface area contributed by atoms with Crippen LogP contribution in [0.1, 0.15) is 10.4 Å². The van der Waals surface area contributed by atoms with Crippen molar-refractivity contribution in [2.24, 2.45) is 0 Å². The number of nitrogens with zero attached hydrogens (tertiary/aromatic N) is 2. The topological polar surface area (TPSA) is 145 Å². The van der Waals surface area contributed by atoms with Crippen LogP contribution in [0.3, 0.4) is 0 Å². The van der Waals surface area contributed by atoms with Crippen LogP contribution in [-0.4, -0.2) is 55.4 Å². The Bertz CT molecular complexity index is 1060. The highest BCUT2D eigenvalue weighted by Gasteiger charge is 2.38. The average Bonchev–Trinajstić information content (AvgIpc) is 3.29. The number of aliphatic carboxylic acids is 2. The van der Waals surface area contributed by atoms with Gasteiger partial charge in [-0.15, -0.1) is 0 Å². The van der Waals surface area contributed by atoms with E-state index in [1.807, 2.05) is 18.2 Å². The number of anilines is 1. The van der Waals surface area contributed by atoms with Gasteiger partial charge in [0.25, 0.3) is 5.91 Å². The van der Waals surface area contributed by atoms with Gasteiger partial charge in [0.1, 0.15) is 5.82 Å². The van der Waals surface area contributed by atoms with Crippen LogP contribution in [0.4, 0.5) is 32.0 Å². The molecule has 4 N–H and O–H groups in total. The summed E-state index contributed by atoms with van der Waals surface area (Å²) >= 11 is 0. The molecule has 0 unspecified atom stereocenters. The second-order valence-corrected chi connectivity index (χ2v) is 5.79. The molecule has 34 heavy (non-hydrogen) atoms. The molecule has 0 fully saturated rings. The summed E-state index contributed by atoms with van der Waals surface area (Å²) in [5.41, 5.74) is 1.98. The average molecular weight is 492 g/mol. The lowest BCUT2D eigenvalue weighted by atomic mass is 10.1. The molecule has 3 aromatic rings. The summed E-state index contributed by atoms with van der Waals surface area (Å²) in [4.78, 5) is 41.3. The summed E-state index contributed by atoms with van der Waals surface area (Å²) in [7, 11) is 0. The van der Waals surface area contributed by atoms with E-state index in [4.69, 9.17) is 19.8 Å². The van der Waals surface area contributed by atoms with Crippen LogP contribution in [0.2, 0.25) is 0 Å². The van der Waals surface area contributed by atoms with Crippen molar-refractivity contribution in [3.63, 3.8) is 0 Å². The van der Waals surface area contributed by atoms with E-state index in [1.165, 1.54) is 0 Å². The second-order valence-electron chi connectivity index (χ2n) is 5.79. The number of carbonyl (C=O) groups excluding carboxylic acids is 1. The van der Waals surface area contributed by atoms with Gasteiger partial charge in [-0.25, -0.2) is 14.6 Å². The number of alkyl halides is 6. The summed E-state index contributed by atoms with van der Waals surface area (Å²) < 4.78 is 63.5. The number of H-pyrrole nitrogens is 1. The van der Waals surface area contributed by atoms with Crippen LogP contribution in [0.5, 0.6) is 0 Å². The lowest BCUT2D eigenvalue weighted by Crippen LogP contribution is -2.21. The zero-order valence-corrected chi connectivity index (χ0v) is 16.6. The third-order valence-corrected chi connectivity index (χ3v) is 3.33. The fourth-order valence-corrected chi connectivity index (χ4v) is 1.94. The molecule has 3 rings (SSSR count). The molecule has 0 aliphatic rings. The van der Waals surface area contributed by atoms with Gasteiger partial charge in [0.15, 0.2) is 0 Å². The Balaban J connectivity index is 0.000000343. The first-order valence-electron chi connectivity index (χ1n) is 8.64. The van der Waals surface area contributed by atoms with E-state index in [9.17, 15) is 31.1 Å². The van der Waals surface area contributed by atoms with E-state index >= 15 is 0 Å². The lowest BCUT2D eigenvalue weighted by molar-refractivity contribution is -0.193. The van der Waals surface area contributed by atoms with Gasteiger partial charge in [0.05, 0.1) is 17.4 Å². The minimum atomic E-state index is -5.08. The fraction of sp³-hybridized carbons (Fsp3) is 0.105. The Kier molecular flexibility index (Phi) is 9.73. The van der Waals surface area contributed by atoms with Crippen LogP contribution in [0.15, 0.2) is 61.2 Å². The lowest BCUT2D eigenvalue weighted by Gasteiger charge is -2.08. The van der Waals surface area contributed by atoms with E-state index in [-0.39, 0.29) is 5.91 Å². The van der Waals surface area contributed by atoms with Crippen LogP contribution >= 0.6 is 0 Å². The number of nitrogens with one attached hydrogen (secondary N) is 2. The first kappa shape index (κ1) is 27.6. The van der Waals surface area contributed by atoms with Crippen molar-refractivity contribution in [3.8, 4) is 11.4 Å². The fourth-order valence-electron chi connectivity index (χ4n) is 1.94. The summed E-state index contributed by atoms with van der Waals surface area (Å²) in [6.45, 7) is 0. The van der Waals surface area contributed by atoms with Gasteiger partial charge in [0.2, 0.25) is 0 Å². The number of imidazole rings is 1. The molecule has 2 heterocycles. The number of aromatic amines is 1. The monoisotopic (exact) mass is 492 g/mol. The van der Waals surface area contributed by atoms with Crippen molar-refractivity contribution in [2.75, 3.05) is 5.32 Å². The number of amides is 1. The van der Waals surface area contributed by atoms with Crippen molar-refractivity contribution in [1.82, 2.24) is 15.0 Å². The molecule has 2 aromatic heterocycles. The van der Waals surface area contributed by atoms with Crippen molar-refractivity contribution in [3.05, 3.63) is 66.7 Å². The molecule has 182 valence electrons. The number of aromatic nitrogens is 3. The number of hydrogen-bond donors (Lipinski definition) is 4. The summed E-state index contributed by atoms with van der Waals surface area (Å²) in [5, 5.41) is 17.1. The third kappa shape index (κ3) is 9.37. The first-order valence-corrected chi connectivity index (χ1v) is 8.64. The standard InChI is InChI=1S/C15H12N4O.2C2HF3O2/c20-15(19-11-4-3-7-16-10-11)13-6-2-1-5-12(13)14-17-8-9-18-14;2*3-2(4,5)1(6)7/h1-10H,(H,17,18)(H,19,20);2*(H,6,7). The van der Waals surface area contributed by atoms with Gasteiger partial charge in [-0.1, -0.05) is 18.2 Å². The Morgan fingerprint density at radius 3 is 1.85 bits per heavy atom. The van der Waals surface area contributed by atoms with Gasteiger partial charge < -0.3 is 20.5 Å². The molecule has 1 aromatic carbocycles. The molecule has 0 atom stereocenters. The van der Waals surface area contributed by atoms with Crippen molar-refractivity contribution in [2.45, 2.75) is 12.4 Å². The first-order chi connectivity index (χ1) is 15.7. The molecule has 0 saturated heterocycles. The maximum absolute atomic E-state index is 12.3. The number of carboxylic acids is 2. The Morgan fingerprint density at radius 2 is 1.41 bits per heavy atom. The minimum Gasteiger partial charge on any atom is -0.475 e. The highest BCUT2D eigenvalue weighted by molar-refractivity contribution is 6.08. The van der Waals surface area contributed by atoms with E-state index in [2.05, 4.69) is 20.3 Å². The van der Waals surface area contributed by atoms with Gasteiger partial charge in [-0.3, -0.25) is 9.78 Å². The predicted molar refractivity (Wildman–Crippen MR) is 104 cm³/mol. The molecule has 0 spiro atoms. The van der Waals surface area contributed by atoms with Gasteiger partial charge in [-0.2, -0.15) is 26.3 Å². The second kappa shape index (κ2) is 12.0. The highest BCUT2D eigenvalue weighted by Crippen LogP contribution is 2.21. The highest BCUT2D eigenvalue weighted by atomic mass is 19.4. The molecule has 0 aliphatic carbocycles. The number of rotatable bonds is 3. The van der Waals surface area contributed by atoms with E-state index in [1.54, 1.807) is 43.0 Å². The quantitative estimate of drug-likeness (QED) is 0.405. The Hall–Kier alpha value is -4.43. The summed E-state index contributed by atoms with van der Waals surface area (Å²) in [6, 6.07) is 10.9. The molecule has 0 radical (unpaired) electrons. The number of hydrogen-bond acceptors (Lipinski definition) is 5. The molecule has 0 bridgehead atoms. The Labute approximate surface area is 186 Å². The normalized spacial score (nSPS) is 10.6. The summed E-state index contributed by atoms with van der Waals surface area (Å²) in [5.74, 6) is -5.04. The molecule has 0 aliphatic heterocycles. The molecule has 1 amide bonds. The maximum atomic E-state index is 12.3. The SMILES string of the molecule is O=C(Nc1cccnc1)c1ccccc1-c1ncc[nH]1.O=C(O)C(F)(F)F.O=C(O)C(F)(F)F. The number of benzene rings is 1. The van der Waals surface area contributed by atoms with Gasteiger partial charge in [-0.05, 0) is 18.2 Å². The predicted octanol–water partition coefficient (Wildman–Crippen LogP) is 3.99. The number of halogens is 6. The number of carbonyl (C=O) groups is 3. The molecule has 15 heteroatoms. The smallest absolute Gasteiger partial charge is 0.475 e. The van der Waals surface area contributed by atoms with E-state index in [0.717, 1.165) is 5.56 Å². The molecule has 9 nitrogen and oxygen atoms in total. The largest absolute Gasteiger partial charge is 0.490 e. The van der Waals surface area contributed by atoms with E-state index in [0.29, 0.717) is 17.1 Å². The van der Waals surface area contributed by atoms with E-state index < -0.39 is 24.3 Å². The van der Waals surface area contributed by atoms with Crippen LogP contribution in [0.25, 0.3) is 11.4 Å². The van der Waals surface area contributed by atoms with Crippen LogP contribution in [-0.2, 0) is 9.59 Å². The van der Waals surface area contributed by atoms with Crippen LogP contribution in [0, 0.1) is 0 Å². The molecular weight excluding hydrogens is 478 g/mol. The van der Waals surface area contributed by atoms with Gasteiger partial charge in [0, 0.05) is 24.2 Å². The van der Waals surface area contributed by atoms with Crippen molar-refractivity contribution in [1.29, 1.82) is 0 Å². The maximum Gasteiger partial charge on any atom is 0.490 e. The van der Waals surface area contributed by atoms with Crippen LogP contribution < -0.4 is 5.32 Å². The number of pyridine rings is 1. The summed E-state index contributed by atoms with van der Waals surface area (Å²) in [6.07, 6.45) is -3.52. The zero-order chi connectivity index (χ0) is 25.9.